The molecule has 24 heavy (non-hydrogen) atoms. The van der Waals surface area contributed by atoms with Gasteiger partial charge in [-0.05, 0) is 75.7 Å². The minimum atomic E-state index is -0.375. The molecule has 1 aromatic rings. The molecule has 0 saturated heterocycles. The number of rotatable bonds is 4. The zero-order valence-electron chi connectivity index (χ0n) is 15.3. The van der Waals surface area contributed by atoms with Crippen LogP contribution in [0.3, 0.4) is 0 Å². The molecule has 3 unspecified atom stereocenters. The fraction of sp³-hybridized carbons (Fsp3) is 0.700. The van der Waals surface area contributed by atoms with E-state index in [9.17, 15) is 4.79 Å². The van der Waals surface area contributed by atoms with Crippen molar-refractivity contribution in [3.8, 4) is 0 Å². The summed E-state index contributed by atoms with van der Waals surface area (Å²) in [4.78, 5) is 17.5. The largest absolute Gasteiger partial charge is 0.460 e. The third-order valence-electron chi connectivity index (χ3n) is 5.53. The van der Waals surface area contributed by atoms with Crippen LogP contribution in [0.2, 0.25) is 0 Å². The number of esters is 1. The molecular weight excluding hydrogens is 318 g/mol. The highest BCUT2D eigenvalue weighted by Crippen LogP contribution is 2.55. The molecule has 2 aliphatic carbocycles. The summed E-state index contributed by atoms with van der Waals surface area (Å²) in [5.41, 5.74) is 3.43. The van der Waals surface area contributed by atoms with E-state index in [0.717, 1.165) is 6.42 Å². The summed E-state index contributed by atoms with van der Waals surface area (Å²) in [6, 6.07) is 0. The van der Waals surface area contributed by atoms with Gasteiger partial charge in [0.05, 0.1) is 5.51 Å². The van der Waals surface area contributed by atoms with E-state index in [-0.39, 0.29) is 11.6 Å². The highest BCUT2D eigenvalue weighted by atomic mass is 32.1. The van der Waals surface area contributed by atoms with E-state index < -0.39 is 0 Å². The molecular formula is C20H29NO2S. The topological polar surface area (TPSA) is 39.2 Å². The number of hydrogen-bond donors (Lipinski definition) is 0. The van der Waals surface area contributed by atoms with Crippen molar-refractivity contribution in [2.45, 2.75) is 71.8 Å². The number of ether oxygens (including phenoxy) is 1. The Hall–Kier alpha value is -1.16. The molecule has 0 aliphatic heterocycles. The van der Waals surface area contributed by atoms with Crippen LogP contribution >= 0.6 is 11.3 Å². The van der Waals surface area contributed by atoms with Gasteiger partial charge in [0, 0.05) is 17.5 Å². The predicted molar refractivity (Wildman–Crippen MR) is 98.7 cm³/mol. The molecule has 3 rings (SSSR count). The number of carbonyl (C=O) groups is 1. The molecule has 4 heteroatoms. The Morgan fingerprint density at radius 1 is 1.46 bits per heavy atom. The zero-order valence-corrected chi connectivity index (χ0v) is 16.1. The standard InChI is InChI=1S/C20H29NO2S/c1-19(2,3)23-18(22)6-5-14-7-8-20(4)11-15(10-16(20)9-14)17-12-21-13-24-17/h10,12-14,16H,5-9,11H2,1-4H3. The van der Waals surface area contributed by atoms with E-state index in [1.807, 2.05) is 32.5 Å². The Bertz CT molecular complexity index is 614. The van der Waals surface area contributed by atoms with Gasteiger partial charge < -0.3 is 4.74 Å². The van der Waals surface area contributed by atoms with E-state index in [0.29, 0.717) is 23.7 Å². The molecule has 0 spiro atoms. The molecule has 0 aromatic carbocycles. The molecule has 0 bridgehead atoms. The summed E-state index contributed by atoms with van der Waals surface area (Å²) < 4.78 is 5.44. The van der Waals surface area contributed by atoms with E-state index >= 15 is 0 Å². The molecule has 0 amide bonds. The maximum atomic E-state index is 12.0. The van der Waals surface area contributed by atoms with Crippen molar-refractivity contribution in [3.63, 3.8) is 0 Å². The molecule has 1 heterocycles. The number of allylic oxidation sites excluding steroid dienone is 2. The Kier molecular flexibility index (Phi) is 4.87. The van der Waals surface area contributed by atoms with Gasteiger partial charge in [-0.1, -0.05) is 13.0 Å². The summed E-state index contributed by atoms with van der Waals surface area (Å²) in [6.07, 6.45) is 10.9. The third-order valence-corrected chi connectivity index (χ3v) is 6.38. The van der Waals surface area contributed by atoms with Gasteiger partial charge in [-0.3, -0.25) is 9.78 Å². The highest BCUT2D eigenvalue weighted by molar-refractivity contribution is 7.10. The Morgan fingerprint density at radius 3 is 2.92 bits per heavy atom. The summed E-state index contributed by atoms with van der Waals surface area (Å²) in [7, 11) is 0. The summed E-state index contributed by atoms with van der Waals surface area (Å²) in [5, 5.41) is 0. The first kappa shape index (κ1) is 17.7. The van der Waals surface area contributed by atoms with E-state index in [2.05, 4.69) is 18.0 Å². The van der Waals surface area contributed by atoms with Crippen LogP contribution in [-0.2, 0) is 9.53 Å². The first-order valence-corrected chi connectivity index (χ1v) is 9.94. The van der Waals surface area contributed by atoms with E-state index in [4.69, 9.17) is 4.74 Å². The van der Waals surface area contributed by atoms with Crippen LogP contribution in [-0.4, -0.2) is 16.6 Å². The highest BCUT2D eigenvalue weighted by Gasteiger charge is 2.43. The van der Waals surface area contributed by atoms with E-state index in [1.165, 1.54) is 36.1 Å². The summed E-state index contributed by atoms with van der Waals surface area (Å²) in [5.74, 6) is 1.24. The van der Waals surface area contributed by atoms with Gasteiger partial charge in [0.2, 0.25) is 0 Å². The second kappa shape index (κ2) is 6.62. The van der Waals surface area contributed by atoms with Gasteiger partial charge >= 0.3 is 5.97 Å². The lowest BCUT2D eigenvalue weighted by Gasteiger charge is -2.40. The maximum absolute atomic E-state index is 12.0. The fourth-order valence-corrected chi connectivity index (χ4v) is 4.88. The minimum absolute atomic E-state index is 0.0526. The predicted octanol–water partition coefficient (Wildman–Crippen LogP) is 5.47. The molecule has 3 atom stereocenters. The SMILES string of the molecule is CC(C)(C)OC(=O)CCC1CCC2(C)CC(c3cncs3)=CC2C1. The zero-order chi connectivity index (χ0) is 17.4. The number of aromatic nitrogens is 1. The molecule has 3 nitrogen and oxygen atoms in total. The van der Waals surface area contributed by atoms with E-state index in [1.54, 1.807) is 11.3 Å². The van der Waals surface area contributed by atoms with Crippen molar-refractivity contribution in [1.29, 1.82) is 0 Å². The minimum Gasteiger partial charge on any atom is -0.460 e. The van der Waals surface area contributed by atoms with Gasteiger partial charge in [-0.25, -0.2) is 0 Å². The third kappa shape index (κ3) is 4.08. The van der Waals surface area contributed by atoms with Crippen molar-refractivity contribution in [1.82, 2.24) is 4.98 Å². The van der Waals surface area contributed by atoms with Crippen molar-refractivity contribution in [2.75, 3.05) is 0 Å². The van der Waals surface area contributed by atoms with Gasteiger partial charge in [0.1, 0.15) is 5.60 Å². The molecule has 2 aliphatic rings. The summed E-state index contributed by atoms with van der Waals surface area (Å²) in [6.45, 7) is 8.23. The number of fused-ring (bicyclic) bond motifs is 1. The first-order valence-electron chi connectivity index (χ1n) is 9.07. The van der Waals surface area contributed by atoms with Gasteiger partial charge in [0.15, 0.2) is 0 Å². The summed E-state index contributed by atoms with van der Waals surface area (Å²) >= 11 is 1.74. The van der Waals surface area contributed by atoms with Crippen LogP contribution < -0.4 is 0 Å². The Labute approximate surface area is 149 Å². The lowest BCUT2D eigenvalue weighted by Crippen LogP contribution is -2.31. The average Bonchev–Trinajstić information content (AvgIpc) is 3.09. The van der Waals surface area contributed by atoms with Crippen molar-refractivity contribution >= 4 is 22.9 Å². The lowest BCUT2D eigenvalue weighted by molar-refractivity contribution is -0.155. The first-order chi connectivity index (χ1) is 11.3. The van der Waals surface area contributed by atoms with Crippen LogP contribution in [0, 0.1) is 17.3 Å². The second-order valence-electron chi connectivity index (χ2n) is 8.76. The molecule has 1 saturated carbocycles. The second-order valence-corrected chi connectivity index (χ2v) is 9.65. The quantitative estimate of drug-likeness (QED) is 0.678. The molecule has 0 N–H and O–H groups in total. The van der Waals surface area contributed by atoms with Crippen LogP contribution in [0.15, 0.2) is 17.8 Å². The van der Waals surface area contributed by atoms with Crippen molar-refractivity contribution in [2.24, 2.45) is 17.3 Å². The molecule has 132 valence electrons. The number of carbonyl (C=O) groups excluding carboxylic acids is 1. The number of nitrogens with zero attached hydrogens (tertiary/aromatic N) is 1. The van der Waals surface area contributed by atoms with Gasteiger partial charge in [-0.15, -0.1) is 11.3 Å². The number of thiazole rings is 1. The average molecular weight is 348 g/mol. The lowest BCUT2D eigenvalue weighted by atomic mass is 9.65. The maximum Gasteiger partial charge on any atom is 0.306 e. The monoisotopic (exact) mass is 347 g/mol. The Morgan fingerprint density at radius 2 is 2.25 bits per heavy atom. The molecule has 1 fully saturated rings. The van der Waals surface area contributed by atoms with Crippen molar-refractivity contribution < 1.29 is 9.53 Å². The van der Waals surface area contributed by atoms with Crippen LogP contribution in [0.1, 0.15) is 71.1 Å². The van der Waals surface area contributed by atoms with Gasteiger partial charge in [0.25, 0.3) is 0 Å². The molecule has 0 radical (unpaired) electrons. The van der Waals surface area contributed by atoms with Crippen LogP contribution in [0.5, 0.6) is 0 Å². The smallest absolute Gasteiger partial charge is 0.306 e. The van der Waals surface area contributed by atoms with Gasteiger partial charge in [-0.2, -0.15) is 0 Å². The normalized spacial score (nSPS) is 29.9. The Balaban J connectivity index is 1.56. The molecule has 1 aromatic heterocycles. The number of hydrogen-bond acceptors (Lipinski definition) is 4. The van der Waals surface area contributed by atoms with Crippen LogP contribution in [0.4, 0.5) is 0 Å². The van der Waals surface area contributed by atoms with Crippen molar-refractivity contribution in [3.05, 3.63) is 22.7 Å². The van der Waals surface area contributed by atoms with Crippen LogP contribution in [0.25, 0.3) is 5.57 Å². The fourth-order valence-electron chi connectivity index (χ4n) is 4.23.